The first kappa shape index (κ1) is 21.1. The van der Waals surface area contributed by atoms with Gasteiger partial charge < -0.3 is 10.1 Å². The highest BCUT2D eigenvalue weighted by Crippen LogP contribution is 2.31. The number of benzene rings is 2. The Bertz CT molecular complexity index is 915. The van der Waals surface area contributed by atoms with Gasteiger partial charge in [0, 0.05) is 19.2 Å². The summed E-state index contributed by atoms with van der Waals surface area (Å²) in [5.41, 5.74) is 3.67. The Hall–Kier alpha value is -2.64. The third-order valence-corrected chi connectivity index (χ3v) is 5.72. The fourth-order valence-corrected chi connectivity index (χ4v) is 4.23. The van der Waals surface area contributed by atoms with Gasteiger partial charge in [-0.15, -0.1) is 0 Å². The van der Waals surface area contributed by atoms with Crippen LogP contribution in [0, 0.1) is 13.8 Å². The zero-order chi connectivity index (χ0) is 20.8. The highest BCUT2D eigenvalue weighted by molar-refractivity contribution is 8.15. The van der Waals surface area contributed by atoms with E-state index in [4.69, 9.17) is 4.74 Å². The van der Waals surface area contributed by atoms with Crippen molar-refractivity contribution in [1.29, 1.82) is 0 Å². The van der Waals surface area contributed by atoms with Gasteiger partial charge in [-0.25, -0.2) is 4.99 Å². The van der Waals surface area contributed by atoms with Gasteiger partial charge in [-0.3, -0.25) is 14.5 Å². The van der Waals surface area contributed by atoms with Crippen LogP contribution in [0.2, 0.25) is 0 Å². The summed E-state index contributed by atoms with van der Waals surface area (Å²) >= 11 is 1.33. The Morgan fingerprint density at radius 1 is 1.21 bits per heavy atom. The number of nitrogens with one attached hydrogen (secondary N) is 1. The number of thioether (sulfide) groups is 1. The van der Waals surface area contributed by atoms with E-state index in [0.29, 0.717) is 18.3 Å². The maximum Gasteiger partial charge on any atom is 0.242 e. The Morgan fingerprint density at radius 3 is 2.66 bits per heavy atom. The molecule has 0 aromatic heterocycles. The summed E-state index contributed by atoms with van der Waals surface area (Å²) in [5, 5.41) is 3.02. The SMILES string of the molecule is COCCN1C(=O)[C@H](CC(=O)Nc2ccc(C)cc2C)SC1=Nc1ccccc1. The van der Waals surface area contributed by atoms with Gasteiger partial charge in [-0.2, -0.15) is 0 Å². The van der Waals surface area contributed by atoms with Crippen LogP contribution in [0.5, 0.6) is 0 Å². The van der Waals surface area contributed by atoms with Crippen LogP contribution in [0.15, 0.2) is 53.5 Å². The van der Waals surface area contributed by atoms with Gasteiger partial charge in [0.25, 0.3) is 0 Å². The minimum atomic E-state index is -0.500. The molecule has 1 aliphatic heterocycles. The van der Waals surface area contributed by atoms with E-state index >= 15 is 0 Å². The predicted octanol–water partition coefficient (Wildman–Crippen LogP) is 3.91. The molecule has 1 heterocycles. The number of nitrogens with zero attached hydrogens (tertiary/aromatic N) is 2. The second-order valence-corrected chi connectivity index (χ2v) is 8.06. The van der Waals surface area contributed by atoms with Gasteiger partial charge in [0.15, 0.2) is 5.17 Å². The zero-order valence-electron chi connectivity index (χ0n) is 16.8. The van der Waals surface area contributed by atoms with Crippen LogP contribution in [-0.4, -0.2) is 47.4 Å². The number of hydrogen-bond donors (Lipinski definition) is 1. The molecule has 29 heavy (non-hydrogen) atoms. The van der Waals surface area contributed by atoms with Crippen molar-refractivity contribution in [1.82, 2.24) is 4.90 Å². The number of ether oxygens (including phenoxy) is 1. The Labute approximate surface area is 175 Å². The minimum absolute atomic E-state index is 0.0914. The van der Waals surface area contributed by atoms with E-state index in [1.165, 1.54) is 11.8 Å². The van der Waals surface area contributed by atoms with E-state index in [1.807, 2.05) is 62.4 Å². The number of hydrogen-bond acceptors (Lipinski definition) is 5. The smallest absolute Gasteiger partial charge is 0.242 e. The number of methoxy groups -OCH3 is 1. The van der Waals surface area contributed by atoms with Gasteiger partial charge in [0.1, 0.15) is 5.25 Å². The lowest BCUT2D eigenvalue weighted by Gasteiger charge is -2.15. The van der Waals surface area contributed by atoms with Crippen molar-refractivity contribution < 1.29 is 14.3 Å². The van der Waals surface area contributed by atoms with Crippen LogP contribution in [0.1, 0.15) is 17.5 Å². The number of aliphatic imine (C=N–C) groups is 1. The van der Waals surface area contributed by atoms with Crippen molar-refractivity contribution >= 4 is 40.1 Å². The largest absolute Gasteiger partial charge is 0.383 e. The molecule has 152 valence electrons. The van der Waals surface area contributed by atoms with E-state index in [9.17, 15) is 9.59 Å². The van der Waals surface area contributed by atoms with Crippen molar-refractivity contribution in [3.63, 3.8) is 0 Å². The molecule has 1 fully saturated rings. The van der Waals surface area contributed by atoms with Crippen molar-refractivity contribution in [3.05, 3.63) is 59.7 Å². The number of rotatable bonds is 7. The number of carbonyl (C=O) groups is 2. The second-order valence-electron chi connectivity index (χ2n) is 6.89. The number of amides is 2. The summed E-state index contributed by atoms with van der Waals surface area (Å²) in [6.45, 7) is 4.77. The second kappa shape index (κ2) is 9.71. The van der Waals surface area contributed by atoms with Gasteiger partial charge in [-0.05, 0) is 37.6 Å². The number of aryl methyl sites for hydroxylation is 2. The molecule has 1 aliphatic rings. The highest BCUT2D eigenvalue weighted by Gasteiger charge is 2.39. The van der Waals surface area contributed by atoms with Gasteiger partial charge >= 0.3 is 0 Å². The molecule has 3 rings (SSSR count). The molecular weight excluding hydrogens is 386 g/mol. The van der Waals surface area contributed by atoms with E-state index in [2.05, 4.69) is 10.3 Å². The molecule has 0 spiro atoms. The van der Waals surface area contributed by atoms with Gasteiger partial charge in [0.05, 0.1) is 18.8 Å². The lowest BCUT2D eigenvalue weighted by Crippen LogP contribution is -2.35. The quantitative estimate of drug-likeness (QED) is 0.750. The molecule has 0 unspecified atom stereocenters. The molecule has 0 radical (unpaired) electrons. The zero-order valence-corrected chi connectivity index (χ0v) is 17.7. The first-order chi connectivity index (χ1) is 14.0. The number of carbonyl (C=O) groups excluding carboxylic acids is 2. The molecule has 2 aromatic carbocycles. The third kappa shape index (κ3) is 5.46. The standard InChI is InChI=1S/C22H25N3O3S/c1-15-9-10-18(16(2)13-15)24-20(26)14-19-21(27)25(11-12-28-3)22(29-19)23-17-7-5-4-6-8-17/h4-10,13,19H,11-12,14H2,1-3H3,(H,24,26)/t19-/m0/s1. The van der Waals surface area contributed by atoms with Crippen LogP contribution < -0.4 is 5.32 Å². The highest BCUT2D eigenvalue weighted by atomic mass is 32.2. The van der Waals surface area contributed by atoms with Gasteiger partial charge in [0.2, 0.25) is 11.8 Å². The van der Waals surface area contributed by atoms with Crippen molar-refractivity contribution in [3.8, 4) is 0 Å². The monoisotopic (exact) mass is 411 g/mol. The molecule has 0 bridgehead atoms. The lowest BCUT2D eigenvalue weighted by atomic mass is 10.1. The first-order valence-corrected chi connectivity index (χ1v) is 10.3. The molecule has 6 nitrogen and oxygen atoms in total. The van der Waals surface area contributed by atoms with Crippen LogP contribution in [0.4, 0.5) is 11.4 Å². The van der Waals surface area contributed by atoms with Crippen LogP contribution in [-0.2, 0) is 14.3 Å². The van der Waals surface area contributed by atoms with E-state index < -0.39 is 5.25 Å². The molecule has 1 atom stereocenters. The molecule has 0 aliphatic carbocycles. The molecular formula is C22H25N3O3S. The third-order valence-electron chi connectivity index (χ3n) is 4.55. The van der Waals surface area contributed by atoms with Crippen LogP contribution in [0.3, 0.4) is 0 Å². The molecule has 1 saturated heterocycles. The molecule has 2 aromatic rings. The summed E-state index contributed by atoms with van der Waals surface area (Å²) in [6, 6.07) is 15.3. The normalized spacial score (nSPS) is 17.8. The summed E-state index contributed by atoms with van der Waals surface area (Å²) in [5.74, 6) is -0.298. The van der Waals surface area contributed by atoms with Crippen LogP contribution >= 0.6 is 11.8 Å². The molecule has 2 amide bonds. The topological polar surface area (TPSA) is 71.0 Å². The van der Waals surface area contributed by atoms with Crippen molar-refractivity contribution in [2.75, 3.05) is 25.6 Å². The van der Waals surface area contributed by atoms with Gasteiger partial charge in [-0.1, -0.05) is 47.7 Å². The fraction of sp³-hybridized carbons (Fsp3) is 0.318. The molecule has 7 heteroatoms. The maximum absolute atomic E-state index is 12.9. The van der Waals surface area contributed by atoms with Crippen LogP contribution in [0.25, 0.3) is 0 Å². The number of amidine groups is 1. The van der Waals surface area contributed by atoms with E-state index in [-0.39, 0.29) is 18.2 Å². The molecule has 1 N–H and O–H groups in total. The number of para-hydroxylation sites is 1. The summed E-state index contributed by atoms with van der Waals surface area (Å²) in [6.07, 6.45) is 0.0914. The lowest BCUT2D eigenvalue weighted by molar-refractivity contribution is -0.128. The Morgan fingerprint density at radius 2 is 1.97 bits per heavy atom. The van der Waals surface area contributed by atoms with E-state index in [1.54, 1.807) is 12.0 Å². The molecule has 0 saturated carbocycles. The summed E-state index contributed by atoms with van der Waals surface area (Å²) < 4.78 is 5.13. The number of anilines is 1. The Kier molecular flexibility index (Phi) is 7.06. The van der Waals surface area contributed by atoms with E-state index in [0.717, 1.165) is 22.5 Å². The average Bonchev–Trinajstić information content (AvgIpc) is 2.97. The summed E-state index contributed by atoms with van der Waals surface area (Å²) in [4.78, 5) is 31.7. The predicted molar refractivity (Wildman–Crippen MR) is 118 cm³/mol. The van der Waals surface area contributed by atoms with Crippen molar-refractivity contribution in [2.24, 2.45) is 4.99 Å². The Balaban J connectivity index is 1.72. The first-order valence-electron chi connectivity index (χ1n) is 9.45. The average molecular weight is 412 g/mol. The fourth-order valence-electron chi connectivity index (χ4n) is 3.05. The minimum Gasteiger partial charge on any atom is -0.383 e. The maximum atomic E-state index is 12.9. The van der Waals surface area contributed by atoms with Crippen molar-refractivity contribution in [2.45, 2.75) is 25.5 Å². The summed E-state index contributed by atoms with van der Waals surface area (Å²) in [7, 11) is 1.59.